The van der Waals surface area contributed by atoms with Crippen LogP contribution in [0.3, 0.4) is 0 Å². The highest BCUT2D eigenvalue weighted by molar-refractivity contribution is 7.99. The van der Waals surface area contributed by atoms with Gasteiger partial charge in [0.2, 0.25) is 5.91 Å². The normalized spacial score (nSPS) is 18.0. The molecule has 0 saturated carbocycles. The van der Waals surface area contributed by atoms with Crippen molar-refractivity contribution in [2.75, 3.05) is 31.9 Å². The predicted octanol–water partition coefficient (Wildman–Crippen LogP) is 0.679. The van der Waals surface area contributed by atoms with Crippen LogP contribution in [0.5, 0.6) is 5.75 Å². The van der Waals surface area contributed by atoms with Crippen molar-refractivity contribution in [1.29, 1.82) is 0 Å². The Bertz CT molecular complexity index is 450. The van der Waals surface area contributed by atoms with Crippen molar-refractivity contribution in [2.24, 2.45) is 0 Å². The molecule has 110 valence electrons. The maximum atomic E-state index is 12.4. The molecule has 1 aromatic carbocycles. The van der Waals surface area contributed by atoms with Crippen molar-refractivity contribution in [1.82, 2.24) is 10.2 Å². The van der Waals surface area contributed by atoms with Crippen LogP contribution in [-0.4, -0.2) is 53.8 Å². The molecule has 5 nitrogen and oxygen atoms in total. The predicted molar refractivity (Wildman–Crippen MR) is 79.7 cm³/mol. The largest absolute Gasteiger partial charge is 0.496 e. The first kappa shape index (κ1) is 15.2. The van der Waals surface area contributed by atoms with E-state index in [1.54, 1.807) is 23.8 Å². The molecule has 1 amide bonds. The number of aliphatic hydroxyl groups excluding tert-OH is 1. The number of nitrogens with one attached hydrogen (secondary N) is 1. The number of carbonyl (C=O) groups is 1. The van der Waals surface area contributed by atoms with E-state index in [1.165, 1.54) is 0 Å². The highest BCUT2D eigenvalue weighted by Gasteiger charge is 2.27. The van der Waals surface area contributed by atoms with E-state index < -0.39 is 0 Å². The first-order valence-electron chi connectivity index (χ1n) is 6.59. The van der Waals surface area contributed by atoms with Gasteiger partial charge in [-0.05, 0) is 6.07 Å². The average molecular weight is 296 g/mol. The van der Waals surface area contributed by atoms with Crippen LogP contribution in [-0.2, 0) is 11.3 Å². The number of nitrogens with zero attached hydrogens (tertiary/aromatic N) is 1. The second-order valence-corrected chi connectivity index (χ2v) is 5.60. The minimum Gasteiger partial charge on any atom is -0.496 e. The van der Waals surface area contributed by atoms with Crippen LogP contribution in [0.15, 0.2) is 24.3 Å². The van der Waals surface area contributed by atoms with Gasteiger partial charge in [0.1, 0.15) is 5.75 Å². The molecular weight excluding hydrogens is 276 g/mol. The standard InChI is InChI=1S/C14H20N2O3S/c1-19-13-5-3-2-4-11(13)8-16(6-7-17)14(18)12-9-20-10-15-12/h2-5,12,15,17H,6-10H2,1H3. The Morgan fingerprint density at radius 1 is 1.55 bits per heavy atom. The Hall–Kier alpha value is -1.24. The van der Waals surface area contributed by atoms with Crippen molar-refractivity contribution in [3.63, 3.8) is 0 Å². The van der Waals surface area contributed by atoms with Crippen LogP contribution >= 0.6 is 11.8 Å². The molecule has 1 heterocycles. The van der Waals surface area contributed by atoms with Crippen LogP contribution in [0, 0.1) is 0 Å². The van der Waals surface area contributed by atoms with E-state index in [4.69, 9.17) is 4.74 Å². The van der Waals surface area contributed by atoms with Gasteiger partial charge in [0, 0.05) is 30.3 Å². The second-order valence-electron chi connectivity index (χ2n) is 4.57. The van der Waals surface area contributed by atoms with E-state index in [2.05, 4.69) is 5.32 Å². The topological polar surface area (TPSA) is 61.8 Å². The molecule has 0 bridgehead atoms. The summed E-state index contributed by atoms with van der Waals surface area (Å²) >= 11 is 1.71. The number of methoxy groups -OCH3 is 1. The van der Waals surface area contributed by atoms with Crippen LogP contribution in [0.1, 0.15) is 5.56 Å². The number of amides is 1. The number of hydrogen-bond donors (Lipinski definition) is 2. The molecule has 1 aromatic rings. The van der Waals surface area contributed by atoms with Crippen molar-refractivity contribution in [2.45, 2.75) is 12.6 Å². The van der Waals surface area contributed by atoms with Crippen LogP contribution in [0.4, 0.5) is 0 Å². The quantitative estimate of drug-likeness (QED) is 0.808. The lowest BCUT2D eigenvalue weighted by atomic mass is 10.1. The van der Waals surface area contributed by atoms with Crippen molar-refractivity contribution >= 4 is 17.7 Å². The molecule has 1 aliphatic rings. The smallest absolute Gasteiger partial charge is 0.240 e. The fraction of sp³-hybridized carbons (Fsp3) is 0.500. The highest BCUT2D eigenvalue weighted by atomic mass is 32.2. The van der Waals surface area contributed by atoms with Gasteiger partial charge in [0.05, 0.1) is 19.8 Å². The van der Waals surface area contributed by atoms with Gasteiger partial charge < -0.3 is 14.7 Å². The minimum absolute atomic E-state index is 0.0370. The van der Waals surface area contributed by atoms with E-state index in [9.17, 15) is 9.90 Å². The molecule has 6 heteroatoms. The summed E-state index contributed by atoms with van der Waals surface area (Å²) in [5.74, 6) is 2.39. The van der Waals surface area contributed by atoms with Gasteiger partial charge in [-0.3, -0.25) is 10.1 Å². The SMILES string of the molecule is COc1ccccc1CN(CCO)C(=O)C1CSCN1. The third kappa shape index (κ3) is 3.65. The Morgan fingerprint density at radius 2 is 2.35 bits per heavy atom. The maximum Gasteiger partial charge on any atom is 0.240 e. The first-order valence-corrected chi connectivity index (χ1v) is 7.74. The third-order valence-corrected chi connectivity index (χ3v) is 4.19. The van der Waals surface area contributed by atoms with Gasteiger partial charge in [-0.2, -0.15) is 0 Å². The van der Waals surface area contributed by atoms with E-state index in [1.807, 2.05) is 24.3 Å². The van der Waals surface area contributed by atoms with Gasteiger partial charge in [-0.25, -0.2) is 0 Å². The Labute approximate surface area is 123 Å². The second kappa shape index (κ2) is 7.52. The summed E-state index contributed by atoms with van der Waals surface area (Å²) in [5.41, 5.74) is 0.947. The number of rotatable bonds is 6. The first-order chi connectivity index (χ1) is 9.76. The molecule has 1 atom stereocenters. The molecule has 2 N–H and O–H groups in total. The van der Waals surface area contributed by atoms with Gasteiger partial charge >= 0.3 is 0 Å². The molecule has 1 unspecified atom stereocenters. The molecule has 0 aromatic heterocycles. The zero-order valence-electron chi connectivity index (χ0n) is 11.5. The summed E-state index contributed by atoms with van der Waals surface area (Å²) < 4.78 is 5.31. The van der Waals surface area contributed by atoms with E-state index >= 15 is 0 Å². The Morgan fingerprint density at radius 3 is 3.00 bits per heavy atom. The lowest BCUT2D eigenvalue weighted by Crippen LogP contribution is -2.45. The van der Waals surface area contributed by atoms with Gasteiger partial charge in [-0.1, -0.05) is 18.2 Å². The number of benzene rings is 1. The number of ether oxygens (including phenoxy) is 1. The number of aliphatic hydroxyl groups is 1. The number of carbonyl (C=O) groups excluding carboxylic acids is 1. The molecule has 1 fully saturated rings. The van der Waals surface area contributed by atoms with Gasteiger partial charge in [-0.15, -0.1) is 11.8 Å². The lowest BCUT2D eigenvalue weighted by molar-refractivity contribution is -0.133. The summed E-state index contributed by atoms with van der Waals surface area (Å²) in [6, 6.07) is 7.48. The van der Waals surface area contributed by atoms with Crippen LogP contribution in [0.2, 0.25) is 0 Å². The van der Waals surface area contributed by atoms with Crippen LogP contribution < -0.4 is 10.1 Å². The number of thioether (sulfide) groups is 1. The fourth-order valence-electron chi connectivity index (χ4n) is 2.20. The number of hydrogen-bond acceptors (Lipinski definition) is 5. The summed E-state index contributed by atoms with van der Waals surface area (Å²) in [4.78, 5) is 14.1. The average Bonchev–Trinajstić information content (AvgIpc) is 3.01. The maximum absolute atomic E-state index is 12.4. The molecule has 0 spiro atoms. The molecule has 1 aliphatic heterocycles. The van der Waals surface area contributed by atoms with Crippen molar-refractivity contribution in [3.8, 4) is 5.75 Å². The van der Waals surface area contributed by atoms with E-state index in [0.29, 0.717) is 13.1 Å². The monoisotopic (exact) mass is 296 g/mol. The van der Waals surface area contributed by atoms with E-state index in [0.717, 1.165) is 22.9 Å². The zero-order chi connectivity index (χ0) is 14.4. The Balaban J connectivity index is 2.10. The molecular formula is C14H20N2O3S. The van der Waals surface area contributed by atoms with E-state index in [-0.39, 0.29) is 18.6 Å². The summed E-state index contributed by atoms with van der Waals surface area (Å²) in [5, 5.41) is 12.4. The highest BCUT2D eigenvalue weighted by Crippen LogP contribution is 2.20. The van der Waals surface area contributed by atoms with Crippen molar-refractivity contribution < 1.29 is 14.6 Å². The summed E-state index contributed by atoms with van der Waals surface area (Å²) in [7, 11) is 1.62. The zero-order valence-corrected chi connectivity index (χ0v) is 12.4. The van der Waals surface area contributed by atoms with Gasteiger partial charge in [0.25, 0.3) is 0 Å². The summed E-state index contributed by atoms with van der Waals surface area (Å²) in [6.45, 7) is 0.743. The van der Waals surface area contributed by atoms with Crippen LogP contribution in [0.25, 0.3) is 0 Å². The summed E-state index contributed by atoms with van der Waals surface area (Å²) in [6.07, 6.45) is 0. The molecule has 0 aliphatic carbocycles. The van der Waals surface area contributed by atoms with Crippen molar-refractivity contribution in [3.05, 3.63) is 29.8 Å². The molecule has 20 heavy (non-hydrogen) atoms. The fourth-order valence-corrected chi connectivity index (χ4v) is 3.13. The minimum atomic E-state index is -0.152. The lowest BCUT2D eigenvalue weighted by Gasteiger charge is -2.25. The Kier molecular flexibility index (Phi) is 5.70. The third-order valence-electron chi connectivity index (χ3n) is 3.25. The molecule has 1 saturated heterocycles. The number of para-hydroxylation sites is 1. The molecule has 0 radical (unpaired) electrons. The molecule has 2 rings (SSSR count). The van der Waals surface area contributed by atoms with Gasteiger partial charge in [0.15, 0.2) is 0 Å².